The van der Waals surface area contributed by atoms with Gasteiger partial charge in [-0.1, -0.05) is 64.7 Å². The number of amides is 3. The fourth-order valence-electron chi connectivity index (χ4n) is 8.56. The Hall–Kier alpha value is -7.14. The van der Waals surface area contributed by atoms with E-state index in [0.29, 0.717) is 103 Å². The Labute approximate surface area is 495 Å². The Morgan fingerprint density at radius 1 is 0.357 bits per heavy atom. The number of imidazole rings is 3. The molecule has 470 valence electrons. The van der Waals surface area contributed by atoms with Crippen molar-refractivity contribution in [2.45, 2.75) is 206 Å². The summed E-state index contributed by atoms with van der Waals surface area (Å²) in [4.78, 5) is 123. The van der Waals surface area contributed by atoms with Crippen LogP contribution in [-0.4, -0.2) is 142 Å². The molecule has 3 N–H and O–H groups in total. The molecule has 3 aromatic rings. The Morgan fingerprint density at radius 2 is 0.667 bits per heavy atom. The quantitative estimate of drug-likeness (QED) is 0.0269. The molecule has 0 fully saturated rings. The molecule has 3 aromatic heterocycles. The van der Waals surface area contributed by atoms with Gasteiger partial charge in [-0.15, -0.1) is 0 Å². The lowest BCUT2D eigenvalue weighted by atomic mass is 9.88. The molecule has 24 nitrogen and oxygen atoms in total. The zero-order valence-electron chi connectivity index (χ0n) is 49.8. The minimum absolute atomic E-state index is 0.0377. The average Bonchev–Trinajstić information content (AvgIpc) is 4.46. The van der Waals surface area contributed by atoms with E-state index >= 15 is 0 Å². The Balaban J connectivity index is 1.28. The number of nitrogens with zero attached hydrogens (tertiary/aromatic N) is 6. The molecule has 1 unspecified atom stereocenters. The van der Waals surface area contributed by atoms with Crippen molar-refractivity contribution in [3.8, 4) is 0 Å². The first-order valence-corrected chi connectivity index (χ1v) is 30.6. The van der Waals surface area contributed by atoms with Crippen LogP contribution in [0.2, 0.25) is 0 Å². The van der Waals surface area contributed by atoms with Crippen LogP contribution in [0.15, 0.2) is 56.2 Å². The SMILES string of the molecule is CCC(COC(=O)CCCCCOC(=O)CCCCCCCCC(=O)n1ccnc1)(COC(=O)CCCCCOC(=O)CCCCCCCNC(=O)n1ccnc1)COC(=O)CCCCCOC(=O)NCCCCCCNC(=O)n1ccnc1. The molecule has 84 heavy (non-hydrogen) atoms. The molecule has 0 saturated carbocycles. The summed E-state index contributed by atoms with van der Waals surface area (Å²) in [5.41, 5.74) is -0.996. The van der Waals surface area contributed by atoms with Gasteiger partial charge in [0.2, 0.25) is 5.91 Å². The number of alkyl carbamates (subject to hydrolysis) is 1. The van der Waals surface area contributed by atoms with Gasteiger partial charge in [0, 0.05) is 95.3 Å². The Bertz CT molecular complexity index is 2030. The Kier molecular flexibility index (Phi) is 39.2. The minimum Gasteiger partial charge on any atom is -0.466 e. The smallest absolute Gasteiger partial charge is 0.407 e. The summed E-state index contributed by atoms with van der Waals surface area (Å²) in [5, 5.41) is 8.40. The number of hydrogen-bond donors (Lipinski definition) is 3. The van der Waals surface area contributed by atoms with Crippen molar-refractivity contribution >= 4 is 53.9 Å². The number of esters is 5. The van der Waals surface area contributed by atoms with E-state index in [2.05, 4.69) is 30.9 Å². The topological polar surface area (TPSA) is 299 Å². The largest absolute Gasteiger partial charge is 0.466 e. The number of carbonyl (C=O) groups excluding carboxylic acids is 9. The normalized spacial score (nSPS) is 11.7. The van der Waals surface area contributed by atoms with E-state index in [1.165, 1.54) is 38.9 Å². The van der Waals surface area contributed by atoms with Crippen LogP contribution in [0.25, 0.3) is 0 Å². The van der Waals surface area contributed by atoms with Gasteiger partial charge in [0.25, 0.3) is 0 Å². The van der Waals surface area contributed by atoms with Crippen molar-refractivity contribution in [1.29, 1.82) is 0 Å². The average molecular weight is 1180 g/mol. The molecule has 0 bridgehead atoms. The second kappa shape index (κ2) is 46.3. The molecular formula is C60H95N9O15. The van der Waals surface area contributed by atoms with Crippen molar-refractivity contribution in [2.24, 2.45) is 5.41 Å². The van der Waals surface area contributed by atoms with Crippen LogP contribution < -0.4 is 16.0 Å². The number of nitrogens with one attached hydrogen (secondary N) is 3. The van der Waals surface area contributed by atoms with Crippen molar-refractivity contribution in [1.82, 2.24) is 44.6 Å². The first-order valence-electron chi connectivity index (χ1n) is 30.6. The summed E-state index contributed by atoms with van der Waals surface area (Å²) < 4.78 is 37.4. The van der Waals surface area contributed by atoms with Crippen molar-refractivity contribution in [2.75, 3.05) is 59.3 Å². The predicted octanol–water partition coefficient (Wildman–Crippen LogP) is 9.97. The van der Waals surface area contributed by atoms with Crippen LogP contribution in [0.4, 0.5) is 14.4 Å². The maximum Gasteiger partial charge on any atom is 0.407 e. The lowest BCUT2D eigenvalue weighted by Gasteiger charge is -2.31. The van der Waals surface area contributed by atoms with Gasteiger partial charge in [0.1, 0.15) is 38.8 Å². The third-order valence-electron chi connectivity index (χ3n) is 14.0. The van der Waals surface area contributed by atoms with Gasteiger partial charge in [-0.25, -0.2) is 29.3 Å². The molecule has 24 heteroatoms. The minimum atomic E-state index is -0.996. The van der Waals surface area contributed by atoms with Gasteiger partial charge < -0.3 is 44.4 Å². The number of unbranched alkanes of at least 4 members (excludes halogenated alkanes) is 18. The lowest BCUT2D eigenvalue weighted by molar-refractivity contribution is -0.162. The third-order valence-corrected chi connectivity index (χ3v) is 14.0. The summed E-state index contributed by atoms with van der Waals surface area (Å²) in [5.74, 6) is -1.83. The molecule has 1 atom stereocenters. The second-order valence-electron chi connectivity index (χ2n) is 21.1. The molecule has 3 heterocycles. The van der Waals surface area contributed by atoms with Gasteiger partial charge in [0.05, 0.1) is 25.2 Å². The second-order valence-corrected chi connectivity index (χ2v) is 21.1. The molecule has 0 aromatic carbocycles. The molecule has 0 spiro atoms. The molecule has 0 saturated heterocycles. The summed E-state index contributed by atoms with van der Waals surface area (Å²) in [7, 11) is 0. The van der Waals surface area contributed by atoms with Crippen molar-refractivity contribution in [3.05, 3.63) is 56.2 Å². The third kappa shape index (κ3) is 35.8. The zero-order valence-corrected chi connectivity index (χ0v) is 49.8. The fourth-order valence-corrected chi connectivity index (χ4v) is 8.56. The summed E-state index contributed by atoms with van der Waals surface area (Å²) >= 11 is 0. The van der Waals surface area contributed by atoms with Gasteiger partial charge in [0.15, 0.2) is 0 Å². The molecule has 3 amide bonds. The van der Waals surface area contributed by atoms with E-state index in [1.54, 1.807) is 31.0 Å². The highest BCUT2D eigenvalue weighted by Gasteiger charge is 2.34. The van der Waals surface area contributed by atoms with E-state index in [0.717, 1.165) is 96.3 Å². The molecule has 0 radical (unpaired) electrons. The maximum absolute atomic E-state index is 13.0. The molecular weight excluding hydrogens is 1090 g/mol. The van der Waals surface area contributed by atoms with Crippen LogP contribution in [0.3, 0.4) is 0 Å². The van der Waals surface area contributed by atoms with Gasteiger partial charge in [-0.2, -0.15) is 0 Å². The molecule has 3 rings (SSSR count). The molecule has 0 aliphatic rings. The molecule has 0 aliphatic heterocycles. The number of carbonyl (C=O) groups is 9. The molecule has 0 aliphatic carbocycles. The first-order chi connectivity index (χ1) is 40.9. The van der Waals surface area contributed by atoms with E-state index in [-0.39, 0.29) is 88.8 Å². The lowest BCUT2D eigenvalue weighted by Crippen LogP contribution is -2.39. The van der Waals surface area contributed by atoms with Gasteiger partial charge in [-0.05, 0) is 103 Å². The van der Waals surface area contributed by atoms with Gasteiger partial charge >= 0.3 is 48.0 Å². The van der Waals surface area contributed by atoms with Gasteiger partial charge in [-0.3, -0.25) is 42.5 Å². The summed E-state index contributed by atoms with van der Waals surface area (Å²) in [6.45, 7) is 3.71. The van der Waals surface area contributed by atoms with E-state index in [9.17, 15) is 43.2 Å². The van der Waals surface area contributed by atoms with Crippen molar-refractivity contribution < 1.29 is 71.6 Å². The number of rotatable bonds is 49. The summed E-state index contributed by atoms with van der Waals surface area (Å²) in [6.07, 6.45) is 33.5. The van der Waals surface area contributed by atoms with E-state index in [4.69, 9.17) is 28.4 Å². The highest BCUT2D eigenvalue weighted by molar-refractivity contribution is 5.78. The fraction of sp³-hybridized carbons (Fsp3) is 0.700. The monoisotopic (exact) mass is 1180 g/mol. The standard InChI is InChI=1S/C60H95N9O15/c1-2-60(45-82-54(73)30-18-12-24-42-79-52(71)28-16-7-4-3-6-15-27-51(70)67-39-36-61-48-67,46-83-55(74)31-19-13-25-43-80-53(72)29-17-8-5-9-21-33-64-57(76)68-40-37-62-49-68)47-84-56(75)32-20-14-26-44-81-59(78)66-35-23-11-10-22-34-65-58(77)69-41-38-63-50-69/h36-41,48-50H,2-35,42-47H2,1H3,(H,64,76)(H,65,77)(H,66,78). The number of aromatic nitrogens is 6. The van der Waals surface area contributed by atoms with Crippen LogP contribution in [0.5, 0.6) is 0 Å². The van der Waals surface area contributed by atoms with Crippen LogP contribution in [0, 0.1) is 5.41 Å². The number of hydrogen-bond acceptors (Lipinski definition) is 18. The zero-order chi connectivity index (χ0) is 60.6. The Morgan fingerprint density at radius 3 is 1.04 bits per heavy atom. The van der Waals surface area contributed by atoms with E-state index in [1.807, 2.05) is 6.92 Å². The maximum atomic E-state index is 13.0. The first kappa shape index (κ1) is 71.1. The van der Waals surface area contributed by atoms with E-state index < -0.39 is 29.4 Å². The van der Waals surface area contributed by atoms with Crippen LogP contribution in [-0.2, 0) is 52.4 Å². The highest BCUT2D eigenvalue weighted by Crippen LogP contribution is 2.26. The highest BCUT2D eigenvalue weighted by atomic mass is 16.6. The number of ether oxygens (including phenoxy) is 6. The van der Waals surface area contributed by atoms with Crippen molar-refractivity contribution in [3.63, 3.8) is 0 Å². The predicted molar refractivity (Wildman–Crippen MR) is 310 cm³/mol. The van der Waals surface area contributed by atoms with Crippen LogP contribution in [0.1, 0.15) is 211 Å². The van der Waals surface area contributed by atoms with Crippen LogP contribution >= 0.6 is 0 Å². The summed E-state index contributed by atoms with van der Waals surface area (Å²) in [6, 6.07) is -0.434.